The van der Waals surface area contributed by atoms with Crippen LogP contribution in [-0.2, 0) is 16.8 Å². The number of hydrogen-bond donors (Lipinski definition) is 2. The first-order valence-corrected chi connectivity index (χ1v) is 8.05. The molecule has 0 saturated carbocycles. The van der Waals surface area contributed by atoms with Crippen molar-refractivity contribution in [2.45, 2.75) is 32.2 Å². The molecule has 0 spiro atoms. The van der Waals surface area contributed by atoms with Crippen molar-refractivity contribution in [3.63, 3.8) is 0 Å². The highest BCUT2D eigenvalue weighted by atomic mass is 35.5. The van der Waals surface area contributed by atoms with Gasteiger partial charge in [-0.1, -0.05) is 41.9 Å². The van der Waals surface area contributed by atoms with Gasteiger partial charge in [0, 0.05) is 11.4 Å². The summed E-state index contributed by atoms with van der Waals surface area (Å²) in [5.74, 6) is -1.12. The largest absolute Gasteiger partial charge is 0.478 e. The number of hydrogen-bond acceptors (Lipinski definition) is 2. The summed E-state index contributed by atoms with van der Waals surface area (Å²) >= 11 is 6.01. The van der Waals surface area contributed by atoms with Gasteiger partial charge in [0.1, 0.15) is 0 Å². The molecule has 1 amide bonds. The lowest BCUT2D eigenvalue weighted by Gasteiger charge is -2.27. The van der Waals surface area contributed by atoms with E-state index in [0.717, 1.165) is 5.56 Å². The highest BCUT2D eigenvalue weighted by Crippen LogP contribution is 2.23. The van der Waals surface area contributed by atoms with Crippen LogP contribution in [0.3, 0.4) is 0 Å². The molecule has 0 atom stereocenters. The fourth-order valence-electron chi connectivity index (χ4n) is 2.56. The zero-order chi connectivity index (χ0) is 17.7. The summed E-state index contributed by atoms with van der Waals surface area (Å²) in [6.45, 7) is 3.81. The molecular formula is C19H20ClNO3. The third-order valence-corrected chi connectivity index (χ3v) is 4.10. The molecule has 0 fully saturated rings. The van der Waals surface area contributed by atoms with Crippen molar-refractivity contribution in [2.75, 3.05) is 0 Å². The van der Waals surface area contributed by atoms with Gasteiger partial charge in [-0.25, -0.2) is 4.79 Å². The lowest BCUT2D eigenvalue weighted by atomic mass is 9.94. The summed E-state index contributed by atoms with van der Waals surface area (Å²) in [6.07, 6.45) is 0.591. The second kappa shape index (κ2) is 7.49. The molecule has 0 radical (unpaired) electrons. The van der Waals surface area contributed by atoms with E-state index in [2.05, 4.69) is 5.32 Å². The number of carbonyl (C=O) groups excluding carboxylic acids is 1. The fourth-order valence-corrected chi connectivity index (χ4v) is 2.75. The van der Waals surface area contributed by atoms with Gasteiger partial charge in [0.15, 0.2) is 0 Å². The summed E-state index contributed by atoms with van der Waals surface area (Å²) < 4.78 is 0. The van der Waals surface area contributed by atoms with Crippen LogP contribution in [0.4, 0.5) is 0 Å². The Kier molecular flexibility index (Phi) is 5.62. The van der Waals surface area contributed by atoms with Gasteiger partial charge < -0.3 is 10.4 Å². The predicted octanol–water partition coefficient (Wildman–Crippen LogP) is 4.02. The number of nitrogens with one attached hydrogen (secondary N) is 1. The third kappa shape index (κ3) is 4.59. The monoisotopic (exact) mass is 345 g/mol. The van der Waals surface area contributed by atoms with Crippen molar-refractivity contribution < 1.29 is 14.7 Å². The summed E-state index contributed by atoms with van der Waals surface area (Å²) in [4.78, 5) is 23.5. The number of carboxylic acids is 1. The number of carbonyl (C=O) groups is 2. The van der Waals surface area contributed by atoms with Gasteiger partial charge in [0.2, 0.25) is 5.91 Å². The van der Waals surface area contributed by atoms with Crippen molar-refractivity contribution in [2.24, 2.45) is 0 Å². The van der Waals surface area contributed by atoms with Gasteiger partial charge in [-0.15, -0.1) is 0 Å². The first-order valence-electron chi connectivity index (χ1n) is 7.68. The molecule has 24 heavy (non-hydrogen) atoms. The highest BCUT2D eigenvalue weighted by Gasteiger charge is 2.23. The number of benzene rings is 2. The van der Waals surface area contributed by atoms with Gasteiger partial charge in [0.05, 0.1) is 11.1 Å². The number of aryl methyl sites for hydroxylation is 1. The molecule has 2 aromatic carbocycles. The minimum absolute atomic E-state index is 0.139. The van der Waals surface area contributed by atoms with Gasteiger partial charge in [-0.05, 0) is 49.6 Å². The van der Waals surface area contributed by atoms with E-state index in [1.54, 1.807) is 30.3 Å². The molecule has 0 aromatic heterocycles. The molecule has 126 valence electrons. The number of halogens is 1. The minimum Gasteiger partial charge on any atom is -0.478 e. The van der Waals surface area contributed by atoms with E-state index in [4.69, 9.17) is 11.6 Å². The molecular weight excluding hydrogens is 326 g/mol. The molecule has 4 nitrogen and oxygen atoms in total. The van der Waals surface area contributed by atoms with Crippen LogP contribution in [0.15, 0.2) is 48.5 Å². The fraction of sp³-hybridized carbons (Fsp3) is 0.263. The Bertz CT molecular complexity index is 756. The molecule has 5 heteroatoms. The Morgan fingerprint density at radius 1 is 1.12 bits per heavy atom. The van der Waals surface area contributed by atoms with Gasteiger partial charge >= 0.3 is 5.97 Å². The molecule has 2 rings (SSSR count). The molecule has 2 N–H and O–H groups in total. The van der Waals surface area contributed by atoms with Crippen molar-refractivity contribution in [3.8, 4) is 0 Å². The van der Waals surface area contributed by atoms with Gasteiger partial charge in [-0.3, -0.25) is 4.79 Å². The molecule has 0 aliphatic heterocycles. The number of amides is 1. The van der Waals surface area contributed by atoms with Crippen LogP contribution in [0.1, 0.15) is 41.8 Å². The SMILES string of the molecule is CC(C)(NC(=O)CCc1ccccc1C(=O)O)c1cccc(Cl)c1. The maximum Gasteiger partial charge on any atom is 0.335 e. The van der Waals surface area contributed by atoms with Crippen LogP contribution in [0.25, 0.3) is 0 Å². The van der Waals surface area contributed by atoms with E-state index in [9.17, 15) is 14.7 Å². The predicted molar refractivity (Wildman–Crippen MR) is 94.3 cm³/mol. The van der Waals surface area contributed by atoms with Crippen LogP contribution in [0.2, 0.25) is 5.02 Å². The van der Waals surface area contributed by atoms with E-state index in [0.29, 0.717) is 17.0 Å². The Labute approximate surface area is 146 Å². The average Bonchev–Trinajstić information content (AvgIpc) is 2.52. The van der Waals surface area contributed by atoms with Gasteiger partial charge in [-0.2, -0.15) is 0 Å². The highest BCUT2D eigenvalue weighted by molar-refractivity contribution is 6.30. The van der Waals surface area contributed by atoms with Crippen LogP contribution >= 0.6 is 11.6 Å². The summed E-state index contributed by atoms with van der Waals surface area (Å²) in [5, 5.41) is 12.8. The molecule has 0 saturated heterocycles. The molecule has 0 aliphatic rings. The van der Waals surface area contributed by atoms with Crippen molar-refractivity contribution in [1.29, 1.82) is 0 Å². The smallest absolute Gasteiger partial charge is 0.335 e. The summed E-state index contributed by atoms with van der Waals surface area (Å²) in [6, 6.07) is 14.1. The molecule has 0 aliphatic carbocycles. The second-order valence-corrected chi connectivity index (χ2v) is 6.58. The summed E-state index contributed by atoms with van der Waals surface area (Å²) in [7, 11) is 0. The molecule has 0 heterocycles. The van der Waals surface area contributed by atoms with E-state index < -0.39 is 11.5 Å². The maximum absolute atomic E-state index is 12.3. The normalized spacial score (nSPS) is 11.1. The lowest BCUT2D eigenvalue weighted by Crippen LogP contribution is -2.41. The first-order chi connectivity index (χ1) is 11.3. The molecule has 0 bridgehead atoms. The standard InChI is InChI=1S/C19H20ClNO3/c1-19(2,14-7-5-8-15(20)12-14)21-17(22)11-10-13-6-3-4-9-16(13)18(23)24/h3-9,12H,10-11H2,1-2H3,(H,21,22)(H,23,24). The Morgan fingerprint density at radius 2 is 1.83 bits per heavy atom. The maximum atomic E-state index is 12.3. The number of aromatic carboxylic acids is 1. The van der Waals surface area contributed by atoms with Crippen LogP contribution in [0, 0.1) is 0 Å². The lowest BCUT2D eigenvalue weighted by molar-refractivity contribution is -0.122. The Morgan fingerprint density at radius 3 is 2.50 bits per heavy atom. The van der Waals surface area contributed by atoms with Crippen molar-refractivity contribution in [1.82, 2.24) is 5.32 Å². The van der Waals surface area contributed by atoms with Crippen molar-refractivity contribution in [3.05, 3.63) is 70.2 Å². The first kappa shape index (κ1) is 18.0. The van der Waals surface area contributed by atoms with Crippen LogP contribution in [0.5, 0.6) is 0 Å². The second-order valence-electron chi connectivity index (χ2n) is 6.15. The van der Waals surface area contributed by atoms with Crippen molar-refractivity contribution >= 4 is 23.5 Å². The van der Waals surface area contributed by atoms with E-state index >= 15 is 0 Å². The minimum atomic E-state index is -0.981. The molecule has 0 unspecified atom stereocenters. The molecule has 2 aromatic rings. The topological polar surface area (TPSA) is 66.4 Å². The average molecular weight is 346 g/mol. The van der Waals surface area contributed by atoms with Crippen LogP contribution < -0.4 is 5.32 Å². The number of carboxylic acid groups (broad SMARTS) is 1. The van der Waals surface area contributed by atoms with E-state index in [-0.39, 0.29) is 17.9 Å². The zero-order valence-electron chi connectivity index (χ0n) is 13.7. The Balaban J connectivity index is 2.02. The Hall–Kier alpha value is -2.33. The van der Waals surface area contributed by atoms with E-state index in [1.807, 2.05) is 32.0 Å². The quantitative estimate of drug-likeness (QED) is 0.830. The third-order valence-electron chi connectivity index (χ3n) is 3.87. The van der Waals surface area contributed by atoms with Gasteiger partial charge in [0.25, 0.3) is 0 Å². The number of rotatable bonds is 6. The summed E-state index contributed by atoms with van der Waals surface area (Å²) in [5.41, 5.74) is 1.24. The van der Waals surface area contributed by atoms with E-state index in [1.165, 1.54) is 0 Å². The zero-order valence-corrected chi connectivity index (χ0v) is 14.4. The van der Waals surface area contributed by atoms with Crippen LogP contribution in [-0.4, -0.2) is 17.0 Å².